The molecule has 0 bridgehead atoms. The molecule has 7 heteroatoms. The molecule has 132 valence electrons. The summed E-state index contributed by atoms with van der Waals surface area (Å²) in [6.07, 6.45) is 0.964. The molecule has 1 aromatic carbocycles. The molecule has 4 rings (SSSR count). The zero-order valence-corrected chi connectivity index (χ0v) is 15.1. The maximum Gasteiger partial charge on any atom is 0.243 e. The Morgan fingerprint density at radius 2 is 1.92 bits per heavy atom. The topological polar surface area (TPSA) is 71.4 Å². The van der Waals surface area contributed by atoms with Gasteiger partial charge in [0.05, 0.1) is 10.9 Å². The highest BCUT2D eigenvalue weighted by atomic mass is 32.2. The normalized spacial score (nSPS) is 20.7. The smallest absolute Gasteiger partial charge is 0.243 e. The fraction of sp³-hybridized carbons (Fsp3) is 0.389. The van der Waals surface area contributed by atoms with Crippen LogP contribution in [0.5, 0.6) is 0 Å². The van der Waals surface area contributed by atoms with Gasteiger partial charge in [-0.2, -0.15) is 4.31 Å². The first kappa shape index (κ1) is 16.4. The number of nitrogens with zero attached hydrogens (tertiary/aromatic N) is 2. The van der Waals surface area contributed by atoms with Crippen LogP contribution in [-0.4, -0.2) is 29.7 Å². The van der Waals surface area contributed by atoms with Gasteiger partial charge in [-0.1, -0.05) is 0 Å². The van der Waals surface area contributed by atoms with Crippen molar-refractivity contribution in [3.63, 3.8) is 0 Å². The molecule has 0 fully saturated rings. The minimum absolute atomic E-state index is 0.0242. The van der Waals surface area contributed by atoms with Crippen molar-refractivity contribution < 1.29 is 13.2 Å². The Kier molecular flexibility index (Phi) is 3.73. The van der Waals surface area contributed by atoms with Crippen LogP contribution in [0, 0.1) is 6.92 Å². The third-order valence-corrected chi connectivity index (χ3v) is 7.18. The lowest BCUT2D eigenvalue weighted by atomic mass is 10.0. The molecule has 0 spiro atoms. The average molecular weight is 359 g/mol. The molecule has 2 aliphatic heterocycles. The van der Waals surface area contributed by atoms with Crippen molar-refractivity contribution in [1.82, 2.24) is 8.87 Å². The summed E-state index contributed by atoms with van der Waals surface area (Å²) in [6, 6.07) is 8.82. The Balaban J connectivity index is 1.70. The summed E-state index contributed by atoms with van der Waals surface area (Å²) in [4.78, 5) is 11.8. The van der Waals surface area contributed by atoms with E-state index in [1.807, 2.05) is 26.0 Å². The van der Waals surface area contributed by atoms with Crippen LogP contribution in [0.3, 0.4) is 0 Å². The molecule has 2 aliphatic rings. The van der Waals surface area contributed by atoms with Gasteiger partial charge >= 0.3 is 0 Å². The molecule has 1 aromatic heterocycles. The van der Waals surface area contributed by atoms with Gasteiger partial charge in [0.2, 0.25) is 15.9 Å². The van der Waals surface area contributed by atoms with Crippen molar-refractivity contribution in [3.05, 3.63) is 47.3 Å². The quantitative estimate of drug-likeness (QED) is 0.895. The van der Waals surface area contributed by atoms with E-state index < -0.39 is 10.0 Å². The maximum atomic E-state index is 13.2. The van der Waals surface area contributed by atoms with Crippen molar-refractivity contribution in [3.8, 4) is 0 Å². The van der Waals surface area contributed by atoms with Crippen LogP contribution in [0.1, 0.15) is 36.3 Å². The minimum Gasteiger partial charge on any atom is -0.346 e. The van der Waals surface area contributed by atoms with Crippen molar-refractivity contribution in [2.75, 3.05) is 11.9 Å². The second-order valence-electron chi connectivity index (χ2n) is 6.71. The second kappa shape index (κ2) is 5.71. The van der Waals surface area contributed by atoms with Crippen LogP contribution in [0.2, 0.25) is 0 Å². The van der Waals surface area contributed by atoms with Gasteiger partial charge < -0.3 is 9.88 Å². The number of carbonyl (C=O) groups excluding carboxylic acids is 1. The van der Waals surface area contributed by atoms with Crippen LogP contribution < -0.4 is 5.32 Å². The maximum absolute atomic E-state index is 13.2. The molecule has 1 atom stereocenters. The second-order valence-corrected chi connectivity index (χ2v) is 8.60. The van der Waals surface area contributed by atoms with Gasteiger partial charge in [-0.25, -0.2) is 8.42 Å². The van der Waals surface area contributed by atoms with Crippen molar-refractivity contribution in [2.45, 2.75) is 44.2 Å². The van der Waals surface area contributed by atoms with Gasteiger partial charge in [-0.15, -0.1) is 0 Å². The van der Waals surface area contributed by atoms with Crippen LogP contribution in [0.25, 0.3) is 0 Å². The van der Waals surface area contributed by atoms with Gasteiger partial charge in [0, 0.05) is 36.6 Å². The summed E-state index contributed by atoms with van der Waals surface area (Å²) in [7, 11) is -3.58. The number of sulfonamides is 1. The van der Waals surface area contributed by atoms with Gasteiger partial charge in [0.1, 0.15) is 0 Å². The third-order valence-electron chi connectivity index (χ3n) is 5.22. The molecular formula is C18H21N3O3S. The predicted octanol–water partition coefficient (Wildman–Crippen LogP) is 2.45. The van der Waals surface area contributed by atoms with E-state index in [0.29, 0.717) is 36.5 Å². The zero-order valence-electron chi connectivity index (χ0n) is 14.3. The van der Waals surface area contributed by atoms with E-state index in [-0.39, 0.29) is 11.9 Å². The Labute approximate surface area is 147 Å². The van der Waals surface area contributed by atoms with Crippen LogP contribution in [0.4, 0.5) is 5.69 Å². The van der Waals surface area contributed by atoms with E-state index in [9.17, 15) is 13.2 Å². The van der Waals surface area contributed by atoms with Crippen LogP contribution in [0.15, 0.2) is 35.2 Å². The lowest BCUT2D eigenvalue weighted by Crippen LogP contribution is -2.41. The summed E-state index contributed by atoms with van der Waals surface area (Å²) in [5.41, 5.74) is 3.77. The van der Waals surface area contributed by atoms with Crippen molar-refractivity contribution in [1.29, 1.82) is 0 Å². The van der Waals surface area contributed by atoms with Crippen LogP contribution in [-0.2, 0) is 27.8 Å². The molecule has 1 amide bonds. The molecule has 0 radical (unpaired) electrons. The summed E-state index contributed by atoms with van der Waals surface area (Å²) < 4.78 is 30.1. The predicted molar refractivity (Wildman–Crippen MR) is 94.9 cm³/mol. The molecule has 25 heavy (non-hydrogen) atoms. The number of amides is 1. The standard InChI is InChI=1S/C18H21N3O3S/c1-12-3-7-17-13(2)21(10-9-20(12)17)25(23,24)15-5-6-16-14(11-15)4-8-18(22)19-16/h3,5-7,11,13H,4,8-10H2,1-2H3,(H,19,22)/t13-/m1/s1. The monoisotopic (exact) mass is 359 g/mol. The Hall–Kier alpha value is -2.12. The number of carbonyl (C=O) groups is 1. The number of benzene rings is 1. The summed E-state index contributed by atoms with van der Waals surface area (Å²) in [5, 5.41) is 2.79. The van der Waals surface area contributed by atoms with E-state index in [1.54, 1.807) is 22.5 Å². The number of hydrogen-bond acceptors (Lipinski definition) is 3. The molecule has 3 heterocycles. The lowest BCUT2D eigenvalue weighted by Gasteiger charge is -2.34. The van der Waals surface area contributed by atoms with E-state index in [2.05, 4.69) is 9.88 Å². The minimum atomic E-state index is -3.58. The number of rotatable bonds is 2. The highest BCUT2D eigenvalue weighted by Gasteiger charge is 2.35. The number of anilines is 1. The number of aryl methyl sites for hydroxylation is 2. The first-order valence-corrected chi connectivity index (χ1v) is 9.92. The van der Waals surface area contributed by atoms with E-state index >= 15 is 0 Å². The molecule has 6 nitrogen and oxygen atoms in total. The molecule has 0 unspecified atom stereocenters. The Bertz CT molecular complexity index is 962. The molecule has 2 aromatic rings. The molecule has 0 saturated heterocycles. The molecule has 0 saturated carbocycles. The molecular weight excluding hydrogens is 338 g/mol. The summed E-state index contributed by atoms with van der Waals surface area (Å²) >= 11 is 0. The fourth-order valence-corrected chi connectivity index (χ4v) is 5.43. The van der Waals surface area contributed by atoms with Gasteiger partial charge in [0.25, 0.3) is 0 Å². The summed E-state index contributed by atoms with van der Waals surface area (Å²) in [6.45, 7) is 5.09. The Morgan fingerprint density at radius 1 is 1.12 bits per heavy atom. The Morgan fingerprint density at radius 3 is 2.72 bits per heavy atom. The molecule has 0 aliphatic carbocycles. The number of aromatic nitrogens is 1. The van der Waals surface area contributed by atoms with Gasteiger partial charge in [-0.05, 0) is 56.2 Å². The number of fused-ring (bicyclic) bond motifs is 2. The highest BCUT2D eigenvalue weighted by molar-refractivity contribution is 7.89. The lowest BCUT2D eigenvalue weighted by molar-refractivity contribution is -0.116. The number of nitrogens with one attached hydrogen (secondary N) is 1. The van der Waals surface area contributed by atoms with Gasteiger partial charge in [0.15, 0.2) is 0 Å². The van der Waals surface area contributed by atoms with Crippen molar-refractivity contribution in [2.24, 2.45) is 0 Å². The number of hydrogen-bond donors (Lipinski definition) is 1. The van der Waals surface area contributed by atoms with Crippen LogP contribution >= 0.6 is 0 Å². The molecule has 1 N–H and O–H groups in total. The fourth-order valence-electron chi connectivity index (χ4n) is 3.78. The van der Waals surface area contributed by atoms with E-state index in [1.165, 1.54) is 0 Å². The highest BCUT2D eigenvalue weighted by Crippen LogP contribution is 2.34. The first-order chi connectivity index (χ1) is 11.9. The summed E-state index contributed by atoms with van der Waals surface area (Å²) in [5.74, 6) is -0.0242. The van der Waals surface area contributed by atoms with E-state index in [0.717, 1.165) is 17.0 Å². The largest absolute Gasteiger partial charge is 0.346 e. The third kappa shape index (κ3) is 2.58. The van der Waals surface area contributed by atoms with E-state index in [4.69, 9.17) is 0 Å². The SMILES string of the molecule is Cc1ccc2n1CCN(S(=O)(=O)c1ccc3c(c1)CCC(=O)N3)[C@@H]2C. The average Bonchev–Trinajstić information content (AvgIpc) is 2.96. The zero-order chi connectivity index (χ0) is 17.8. The first-order valence-electron chi connectivity index (χ1n) is 8.48. The van der Waals surface area contributed by atoms with Gasteiger partial charge in [-0.3, -0.25) is 4.79 Å². The van der Waals surface area contributed by atoms with Crippen molar-refractivity contribution >= 4 is 21.6 Å².